The number of hydrogen-bond donors (Lipinski definition) is 1. The standard InChI is InChI=1S/C26H38N2O3.ClH/c1-16(28-31-24(30)23-5-4-14-27-23)20-8-9-21-19-7-6-17-15-18(29)10-12-25(17,2)22(19)11-13-26(20,21)3;/h15,19-23,27H,4-14H2,1-3H3;1H/t19-,20+,21-,22-,23-,25-,26+;/m0./s1. The molecular weight excluding hydrogens is 424 g/mol. The highest BCUT2D eigenvalue weighted by molar-refractivity contribution is 5.91. The van der Waals surface area contributed by atoms with Gasteiger partial charge in [0.2, 0.25) is 0 Å². The number of nitrogens with zero attached hydrogens (tertiary/aromatic N) is 1. The molecule has 1 heterocycles. The average molecular weight is 463 g/mol. The van der Waals surface area contributed by atoms with Crippen molar-refractivity contribution >= 4 is 29.9 Å². The van der Waals surface area contributed by atoms with Crippen molar-refractivity contribution in [3.05, 3.63) is 11.6 Å². The monoisotopic (exact) mass is 462 g/mol. The van der Waals surface area contributed by atoms with Crippen LogP contribution in [0.5, 0.6) is 0 Å². The Kier molecular flexibility index (Phi) is 6.63. The molecule has 6 heteroatoms. The Hall–Kier alpha value is -1.20. The minimum atomic E-state index is -0.230. The second kappa shape index (κ2) is 8.87. The summed E-state index contributed by atoms with van der Waals surface area (Å²) in [7, 11) is 0. The molecule has 0 bridgehead atoms. The van der Waals surface area contributed by atoms with Crippen molar-refractivity contribution in [2.75, 3.05) is 6.54 Å². The molecular formula is C26H39ClN2O3. The Labute approximate surface area is 198 Å². The van der Waals surface area contributed by atoms with Crippen LogP contribution in [-0.4, -0.2) is 30.1 Å². The third kappa shape index (κ3) is 3.77. The lowest BCUT2D eigenvalue weighted by Gasteiger charge is -2.58. The summed E-state index contributed by atoms with van der Waals surface area (Å²) in [6.45, 7) is 7.87. The van der Waals surface area contributed by atoms with Gasteiger partial charge in [-0.3, -0.25) is 4.79 Å². The average Bonchev–Trinajstić information content (AvgIpc) is 3.40. The van der Waals surface area contributed by atoms with Gasteiger partial charge in [-0.1, -0.05) is 24.6 Å². The van der Waals surface area contributed by atoms with Gasteiger partial charge in [-0.2, -0.15) is 0 Å². The topological polar surface area (TPSA) is 67.8 Å². The number of carbonyl (C=O) groups is 2. The number of nitrogens with one attached hydrogen (secondary N) is 1. The number of rotatable bonds is 3. The van der Waals surface area contributed by atoms with Gasteiger partial charge in [0, 0.05) is 12.3 Å². The van der Waals surface area contributed by atoms with Gasteiger partial charge in [0.1, 0.15) is 6.04 Å². The van der Waals surface area contributed by atoms with Crippen LogP contribution in [0.2, 0.25) is 0 Å². The quantitative estimate of drug-likeness (QED) is 0.354. The molecule has 1 aliphatic heterocycles. The lowest BCUT2D eigenvalue weighted by atomic mass is 9.46. The summed E-state index contributed by atoms with van der Waals surface area (Å²) >= 11 is 0. The van der Waals surface area contributed by atoms with Gasteiger partial charge >= 0.3 is 5.97 Å². The molecule has 4 aliphatic carbocycles. The van der Waals surface area contributed by atoms with Crippen LogP contribution in [0.15, 0.2) is 16.8 Å². The van der Waals surface area contributed by atoms with E-state index in [2.05, 4.69) is 31.2 Å². The molecule has 32 heavy (non-hydrogen) atoms. The fourth-order valence-corrected chi connectivity index (χ4v) is 8.38. The zero-order valence-electron chi connectivity index (χ0n) is 19.8. The zero-order valence-corrected chi connectivity index (χ0v) is 20.6. The molecule has 5 nitrogen and oxygen atoms in total. The van der Waals surface area contributed by atoms with Crippen LogP contribution in [0.25, 0.3) is 0 Å². The molecule has 0 spiro atoms. The van der Waals surface area contributed by atoms with Crippen LogP contribution in [-0.2, 0) is 14.4 Å². The van der Waals surface area contributed by atoms with Crippen molar-refractivity contribution in [2.24, 2.45) is 39.7 Å². The molecule has 1 N–H and O–H groups in total. The van der Waals surface area contributed by atoms with Gasteiger partial charge in [-0.15, -0.1) is 12.4 Å². The van der Waals surface area contributed by atoms with E-state index in [1.54, 1.807) is 0 Å². The predicted molar refractivity (Wildman–Crippen MR) is 128 cm³/mol. The number of hydrogen-bond acceptors (Lipinski definition) is 5. The Morgan fingerprint density at radius 2 is 1.91 bits per heavy atom. The van der Waals surface area contributed by atoms with Gasteiger partial charge < -0.3 is 10.2 Å². The minimum Gasteiger partial charge on any atom is -0.317 e. The summed E-state index contributed by atoms with van der Waals surface area (Å²) in [5.41, 5.74) is 2.91. The highest BCUT2D eigenvalue weighted by Crippen LogP contribution is 2.66. The third-order valence-electron chi connectivity index (χ3n) is 10.1. The predicted octanol–water partition coefficient (Wildman–Crippen LogP) is 5.23. The van der Waals surface area contributed by atoms with E-state index in [0.29, 0.717) is 23.5 Å². The fraction of sp³-hybridized carbons (Fsp3) is 0.808. The van der Waals surface area contributed by atoms with E-state index in [4.69, 9.17) is 4.84 Å². The van der Waals surface area contributed by atoms with Crippen LogP contribution in [0.3, 0.4) is 0 Å². The molecule has 0 unspecified atom stereocenters. The van der Waals surface area contributed by atoms with Crippen molar-refractivity contribution in [1.82, 2.24) is 5.32 Å². The summed E-state index contributed by atoms with van der Waals surface area (Å²) in [4.78, 5) is 29.7. The molecule has 178 valence electrons. The maximum atomic E-state index is 12.3. The summed E-state index contributed by atoms with van der Waals surface area (Å²) in [5.74, 6) is 2.68. The lowest BCUT2D eigenvalue weighted by Crippen LogP contribution is -2.51. The number of oxime groups is 1. The van der Waals surface area contributed by atoms with Gasteiger partial charge in [-0.25, -0.2) is 4.79 Å². The van der Waals surface area contributed by atoms with Crippen molar-refractivity contribution in [3.8, 4) is 0 Å². The first-order chi connectivity index (χ1) is 14.8. The third-order valence-corrected chi connectivity index (χ3v) is 10.1. The highest BCUT2D eigenvalue weighted by Gasteiger charge is 2.59. The number of allylic oxidation sites excluding steroid dienone is 1. The van der Waals surface area contributed by atoms with E-state index in [9.17, 15) is 9.59 Å². The fourth-order valence-electron chi connectivity index (χ4n) is 8.38. The Balaban J connectivity index is 0.00000245. The molecule has 5 aliphatic rings. The van der Waals surface area contributed by atoms with Crippen molar-refractivity contribution in [1.29, 1.82) is 0 Å². The highest BCUT2D eigenvalue weighted by atomic mass is 35.5. The zero-order chi connectivity index (χ0) is 21.8. The lowest BCUT2D eigenvalue weighted by molar-refractivity contribution is -0.145. The van der Waals surface area contributed by atoms with Gasteiger partial charge in [0.05, 0.1) is 5.71 Å². The number of fused-ring (bicyclic) bond motifs is 5. The second-order valence-corrected chi connectivity index (χ2v) is 11.4. The molecule has 4 fully saturated rings. The van der Waals surface area contributed by atoms with Crippen LogP contribution >= 0.6 is 12.4 Å². The van der Waals surface area contributed by atoms with E-state index < -0.39 is 0 Å². The van der Waals surface area contributed by atoms with Crippen LogP contribution in [0.4, 0.5) is 0 Å². The van der Waals surface area contributed by atoms with Crippen LogP contribution in [0.1, 0.15) is 85.0 Å². The molecule has 0 aromatic rings. The Morgan fingerprint density at radius 1 is 1.09 bits per heavy atom. The SMILES string of the molecule is CC(=NOC(=O)[C@@H]1CCCN1)[C@H]1CC[C@H]2[C@@H]3CCC4=CC(=O)CC[C@]4(C)[C@H]3CC[C@]12C.Cl. The van der Waals surface area contributed by atoms with E-state index >= 15 is 0 Å². The van der Waals surface area contributed by atoms with E-state index in [0.717, 1.165) is 56.7 Å². The first-order valence-corrected chi connectivity index (χ1v) is 12.6. The summed E-state index contributed by atoms with van der Waals surface area (Å²) in [6.07, 6.45) is 12.8. The summed E-state index contributed by atoms with van der Waals surface area (Å²) in [5, 5.41) is 7.55. The van der Waals surface area contributed by atoms with Gasteiger partial charge in [0.25, 0.3) is 0 Å². The molecule has 0 radical (unpaired) electrons. The van der Waals surface area contributed by atoms with E-state index in [1.165, 1.54) is 31.3 Å². The summed E-state index contributed by atoms with van der Waals surface area (Å²) in [6, 6.07) is -0.188. The minimum absolute atomic E-state index is 0. The van der Waals surface area contributed by atoms with E-state index in [-0.39, 0.29) is 35.2 Å². The normalized spacial score (nSPS) is 43.5. The molecule has 1 saturated heterocycles. The van der Waals surface area contributed by atoms with Gasteiger partial charge in [0.15, 0.2) is 5.78 Å². The Bertz CT molecular complexity index is 833. The van der Waals surface area contributed by atoms with Crippen molar-refractivity contribution in [3.63, 3.8) is 0 Å². The maximum absolute atomic E-state index is 12.3. The van der Waals surface area contributed by atoms with Crippen molar-refractivity contribution in [2.45, 2.75) is 91.0 Å². The number of ketones is 1. The second-order valence-electron chi connectivity index (χ2n) is 11.4. The maximum Gasteiger partial charge on any atom is 0.351 e. The number of carbonyl (C=O) groups excluding carboxylic acids is 2. The molecule has 0 aromatic carbocycles. The van der Waals surface area contributed by atoms with Crippen LogP contribution < -0.4 is 5.32 Å². The molecule has 0 amide bonds. The van der Waals surface area contributed by atoms with Crippen LogP contribution in [0, 0.1) is 34.5 Å². The first kappa shape index (κ1) is 23.9. The first-order valence-electron chi connectivity index (χ1n) is 12.6. The molecule has 3 saturated carbocycles. The summed E-state index contributed by atoms with van der Waals surface area (Å²) < 4.78 is 0. The van der Waals surface area contributed by atoms with E-state index in [1.807, 2.05) is 6.08 Å². The number of halogens is 1. The van der Waals surface area contributed by atoms with Crippen molar-refractivity contribution < 1.29 is 14.4 Å². The largest absolute Gasteiger partial charge is 0.351 e. The molecule has 7 atom stereocenters. The van der Waals surface area contributed by atoms with Gasteiger partial charge in [-0.05, 0) is 106 Å². The molecule has 5 rings (SSSR count). The molecule has 0 aromatic heterocycles. The Morgan fingerprint density at radius 3 is 2.66 bits per heavy atom. The smallest absolute Gasteiger partial charge is 0.317 e.